The van der Waals surface area contributed by atoms with Gasteiger partial charge in [0.2, 0.25) is 0 Å². The number of halogens is 1. The summed E-state index contributed by atoms with van der Waals surface area (Å²) >= 11 is 6.24. The first-order valence-corrected chi connectivity index (χ1v) is 12.4. The number of benzene rings is 3. The molecule has 0 saturated heterocycles. The molecule has 174 valence electrons. The Bertz CT molecular complexity index is 1220. The summed E-state index contributed by atoms with van der Waals surface area (Å²) < 4.78 is 5.98. The topological polar surface area (TPSA) is 60.2 Å². The highest BCUT2D eigenvalue weighted by Crippen LogP contribution is 2.30. The van der Waals surface area contributed by atoms with E-state index in [1.54, 1.807) is 0 Å². The fraction of sp³-hybridized carbons (Fsp3) is 0.276. The van der Waals surface area contributed by atoms with Gasteiger partial charge in [-0.1, -0.05) is 48.0 Å². The van der Waals surface area contributed by atoms with Gasteiger partial charge in [0.1, 0.15) is 11.5 Å². The first-order chi connectivity index (χ1) is 16.6. The molecule has 1 aliphatic carbocycles. The number of nitrogens with zero attached hydrogens (tertiary/aromatic N) is 1. The Kier molecular flexibility index (Phi) is 7.10. The van der Waals surface area contributed by atoms with Crippen LogP contribution >= 0.6 is 11.6 Å². The van der Waals surface area contributed by atoms with E-state index in [0.717, 1.165) is 54.5 Å². The third-order valence-corrected chi connectivity index (χ3v) is 6.90. The largest absolute Gasteiger partial charge is 0.457 e. The molecule has 1 saturated carbocycles. The quantitative estimate of drug-likeness (QED) is 0.310. The Balaban J connectivity index is 1.40. The van der Waals surface area contributed by atoms with Crippen molar-refractivity contribution in [1.29, 1.82) is 0 Å². The third kappa shape index (κ3) is 5.58. The molecule has 1 heterocycles. The lowest BCUT2D eigenvalue weighted by molar-refractivity contribution is 0.315. The average Bonchev–Trinajstić information content (AvgIpc) is 2.86. The lowest BCUT2D eigenvalue weighted by atomic mass is 9.89. The van der Waals surface area contributed by atoms with E-state index < -0.39 is 0 Å². The van der Waals surface area contributed by atoms with Crippen molar-refractivity contribution < 1.29 is 4.74 Å². The fourth-order valence-electron chi connectivity index (χ4n) is 4.83. The van der Waals surface area contributed by atoms with Gasteiger partial charge in [-0.2, -0.15) is 0 Å². The molecule has 1 aromatic heterocycles. The number of nitrogens with two attached hydrogens (primary N) is 1. The van der Waals surface area contributed by atoms with Crippen molar-refractivity contribution in [3.8, 4) is 11.5 Å². The van der Waals surface area contributed by atoms with Crippen LogP contribution in [0.15, 0.2) is 85.1 Å². The highest BCUT2D eigenvalue weighted by Gasteiger charge is 2.23. The maximum atomic E-state index is 6.24. The number of rotatable bonds is 7. The number of hydrogen-bond donors (Lipinski definition) is 2. The van der Waals surface area contributed by atoms with E-state index in [9.17, 15) is 0 Å². The molecular formula is C29H30ClN3O. The molecule has 0 spiro atoms. The number of pyridine rings is 1. The summed E-state index contributed by atoms with van der Waals surface area (Å²) in [5.74, 6) is 1.68. The van der Waals surface area contributed by atoms with E-state index in [1.165, 1.54) is 11.1 Å². The van der Waals surface area contributed by atoms with Crippen LogP contribution in [-0.2, 0) is 6.42 Å². The summed E-state index contributed by atoms with van der Waals surface area (Å²) in [7, 11) is 0. The van der Waals surface area contributed by atoms with Gasteiger partial charge < -0.3 is 15.8 Å². The van der Waals surface area contributed by atoms with E-state index in [-0.39, 0.29) is 6.04 Å². The number of ether oxygens (including phenoxy) is 1. The van der Waals surface area contributed by atoms with Crippen LogP contribution in [0.3, 0.4) is 0 Å². The summed E-state index contributed by atoms with van der Waals surface area (Å²) in [6.07, 6.45) is 7.12. The zero-order valence-corrected chi connectivity index (χ0v) is 19.9. The molecule has 5 rings (SSSR count). The molecule has 34 heavy (non-hydrogen) atoms. The van der Waals surface area contributed by atoms with Crippen molar-refractivity contribution in [1.82, 2.24) is 10.3 Å². The molecule has 4 nitrogen and oxygen atoms in total. The van der Waals surface area contributed by atoms with Gasteiger partial charge in [-0.05, 0) is 85.7 Å². The average molecular weight is 472 g/mol. The van der Waals surface area contributed by atoms with Gasteiger partial charge >= 0.3 is 0 Å². The zero-order chi connectivity index (χ0) is 23.3. The van der Waals surface area contributed by atoms with E-state index >= 15 is 0 Å². The first-order valence-electron chi connectivity index (χ1n) is 12.0. The number of aromatic nitrogens is 1. The van der Waals surface area contributed by atoms with Crippen LogP contribution in [0.1, 0.15) is 42.9 Å². The highest BCUT2D eigenvalue weighted by molar-refractivity contribution is 6.31. The van der Waals surface area contributed by atoms with Crippen LogP contribution in [0, 0.1) is 0 Å². The molecule has 1 aliphatic rings. The predicted molar refractivity (Wildman–Crippen MR) is 140 cm³/mol. The van der Waals surface area contributed by atoms with Gasteiger partial charge in [-0.25, -0.2) is 0 Å². The van der Waals surface area contributed by atoms with Gasteiger partial charge in [0.15, 0.2) is 0 Å². The molecule has 0 amide bonds. The molecule has 0 aliphatic heterocycles. The van der Waals surface area contributed by atoms with Crippen molar-refractivity contribution in [3.05, 3.63) is 101 Å². The van der Waals surface area contributed by atoms with Gasteiger partial charge in [0.05, 0.1) is 5.52 Å². The van der Waals surface area contributed by atoms with Gasteiger partial charge in [0.25, 0.3) is 0 Å². The number of para-hydroxylation sites is 1. The summed E-state index contributed by atoms with van der Waals surface area (Å²) in [6.45, 7) is 0. The standard InChI is InChI=1S/C29H30ClN3O/c30-21-8-15-26-27(16-17-32-28(26)19-21)29(33-23-11-9-22(31)10-12-23)18-20-6-13-25(14-7-20)34-24-4-2-1-3-5-24/h1-8,13-17,19,22-23,29,33H,9-12,18,31H2. The second-order valence-corrected chi connectivity index (χ2v) is 9.59. The van der Waals surface area contributed by atoms with Crippen molar-refractivity contribution in [2.45, 2.75) is 50.2 Å². The van der Waals surface area contributed by atoms with Crippen molar-refractivity contribution in [2.24, 2.45) is 5.73 Å². The summed E-state index contributed by atoms with van der Waals surface area (Å²) in [5, 5.41) is 5.80. The molecule has 0 radical (unpaired) electrons. The summed E-state index contributed by atoms with van der Waals surface area (Å²) in [6, 6.07) is 27.3. The van der Waals surface area contributed by atoms with E-state index in [0.29, 0.717) is 17.1 Å². The molecule has 5 heteroatoms. The fourth-order valence-corrected chi connectivity index (χ4v) is 5.00. The minimum atomic E-state index is 0.159. The van der Waals surface area contributed by atoms with Crippen LogP contribution in [-0.4, -0.2) is 17.1 Å². The van der Waals surface area contributed by atoms with Crippen molar-refractivity contribution in [2.75, 3.05) is 0 Å². The molecule has 1 fully saturated rings. The van der Waals surface area contributed by atoms with Crippen molar-refractivity contribution in [3.63, 3.8) is 0 Å². The molecule has 1 unspecified atom stereocenters. The zero-order valence-electron chi connectivity index (χ0n) is 19.2. The van der Waals surface area contributed by atoms with Crippen molar-refractivity contribution >= 4 is 22.5 Å². The number of nitrogens with one attached hydrogen (secondary N) is 1. The van der Waals surface area contributed by atoms with Crippen LogP contribution in [0.25, 0.3) is 10.9 Å². The predicted octanol–water partition coefficient (Wildman–Crippen LogP) is 6.82. The second-order valence-electron chi connectivity index (χ2n) is 9.16. The molecule has 3 N–H and O–H groups in total. The second kappa shape index (κ2) is 10.6. The lowest BCUT2D eigenvalue weighted by Gasteiger charge is -2.31. The Labute approximate surface area is 206 Å². The highest BCUT2D eigenvalue weighted by atomic mass is 35.5. The minimum Gasteiger partial charge on any atom is -0.457 e. The summed E-state index contributed by atoms with van der Waals surface area (Å²) in [5.41, 5.74) is 9.59. The van der Waals surface area contributed by atoms with E-state index in [1.807, 2.05) is 60.8 Å². The van der Waals surface area contributed by atoms with Crippen LogP contribution in [0.4, 0.5) is 0 Å². The van der Waals surface area contributed by atoms with E-state index in [4.69, 9.17) is 22.1 Å². The van der Waals surface area contributed by atoms with Gasteiger partial charge in [0, 0.05) is 34.7 Å². The monoisotopic (exact) mass is 471 g/mol. The smallest absolute Gasteiger partial charge is 0.127 e. The SMILES string of the molecule is NC1CCC(NC(Cc2ccc(Oc3ccccc3)cc2)c2ccnc3cc(Cl)ccc23)CC1. The normalized spacial score (nSPS) is 19.1. The Morgan fingerprint density at radius 3 is 2.41 bits per heavy atom. The van der Waals surface area contributed by atoms with Gasteiger partial charge in [-0.3, -0.25) is 4.98 Å². The maximum absolute atomic E-state index is 6.24. The lowest BCUT2D eigenvalue weighted by Crippen LogP contribution is -2.40. The van der Waals surface area contributed by atoms with Gasteiger partial charge in [-0.15, -0.1) is 0 Å². The van der Waals surface area contributed by atoms with E-state index in [2.05, 4.69) is 34.6 Å². The number of fused-ring (bicyclic) bond motifs is 1. The Morgan fingerprint density at radius 2 is 1.65 bits per heavy atom. The Morgan fingerprint density at radius 1 is 0.912 bits per heavy atom. The molecule has 4 aromatic rings. The molecular weight excluding hydrogens is 442 g/mol. The third-order valence-electron chi connectivity index (χ3n) is 6.66. The molecule has 3 aromatic carbocycles. The Hall–Kier alpha value is -2.92. The maximum Gasteiger partial charge on any atom is 0.127 e. The van der Waals surface area contributed by atoms with Crippen LogP contribution < -0.4 is 15.8 Å². The molecule has 1 atom stereocenters. The van der Waals surface area contributed by atoms with Crippen LogP contribution in [0.2, 0.25) is 5.02 Å². The minimum absolute atomic E-state index is 0.159. The number of hydrogen-bond acceptors (Lipinski definition) is 4. The summed E-state index contributed by atoms with van der Waals surface area (Å²) in [4.78, 5) is 4.56. The molecule has 0 bridgehead atoms. The first kappa shape index (κ1) is 22.9. The van der Waals surface area contributed by atoms with Crippen LogP contribution in [0.5, 0.6) is 11.5 Å².